The third kappa shape index (κ3) is 3.61. The highest BCUT2D eigenvalue weighted by molar-refractivity contribution is 9.10. The topological polar surface area (TPSA) is 45.1 Å². The van der Waals surface area contributed by atoms with E-state index < -0.39 is 0 Å². The van der Waals surface area contributed by atoms with E-state index in [2.05, 4.69) is 40.1 Å². The third-order valence-corrected chi connectivity index (χ3v) is 3.48. The lowest BCUT2D eigenvalue weighted by atomic mass is 9.95. The molecule has 3 nitrogen and oxygen atoms in total. The molecule has 0 aromatic carbocycles. The molecule has 90 valence electrons. The van der Waals surface area contributed by atoms with Gasteiger partial charge in [0.1, 0.15) is 5.82 Å². The zero-order valence-corrected chi connectivity index (χ0v) is 11.8. The van der Waals surface area contributed by atoms with Crippen LogP contribution in [0.4, 0.5) is 5.82 Å². The summed E-state index contributed by atoms with van der Waals surface area (Å²) in [7, 11) is 0. The van der Waals surface area contributed by atoms with E-state index in [1.54, 1.807) is 12.3 Å². The molecule has 1 aromatic heterocycles. The summed E-state index contributed by atoms with van der Waals surface area (Å²) in [5, 5.41) is 13.0. The molecule has 1 unspecified atom stereocenters. The molecular weight excluding hydrogens is 291 g/mol. The molecular formula is C11H16BrClN2O. The minimum absolute atomic E-state index is 0.155. The lowest BCUT2D eigenvalue weighted by Crippen LogP contribution is -2.35. The van der Waals surface area contributed by atoms with Crippen LogP contribution in [-0.2, 0) is 0 Å². The minimum Gasteiger partial charge on any atom is -0.396 e. The van der Waals surface area contributed by atoms with Gasteiger partial charge in [-0.15, -0.1) is 0 Å². The number of pyridine rings is 1. The molecule has 0 aliphatic carbocycles. The molecule has 16 heavy (non-hydrogen) atoms. The standard InChI is InChI=1S/C11H16BrClN2O/c1-3-11(2,4-5-16)15-10-9(12)6-8(13)7-14-10/h6-7,16H,3-5H2,1-2H3,(H,14,15). The molecule has 5 heteroatoms. The van der Waals surface area contributed by atoms with Gasteiger partial charge in [0.2, 0.25) is 0 Å². The molecule has 1 rings (SSSR count). The molecule has 0 saturated carbocycles. The van der Waals surface area contributed by atoms with Crippen LogP contribution in [-0.4, -0.2) is 22.2 Å². The average molecular weight is 308 g/mol. The van der Waals surface area contributed by atoms with Crippen LogP contribution in [0.1, 0.15) is 26.7 Å². The van der Waals surface area contributed by atoms with Crippen molar-refractivity contribution in [2.24, 2.45) is 0 Å². The number of halogens is 2. The van der Waals surface area contributed by atoms with Crippen molar-refractivity contribution in [3.05, 3.63) is 21.8 Å². The van der Waals surface area contributed by atoms with E-state index in [1.807, 2.05) is 0 Å². The van der Waals surface area contributed by atoms with Crippen LogP contribution in [0.25, 0.3) is 0 Å². The van der Waals surface area contributed by atoms with Gasteiger partial charge in [-0.2, -0.15) is 0 Å². The Kier molecular flexibility index (Phi) is 5.02. The lowest BCUT2D eigenvalue weighted by Gasteiger charge is -2.30. The normalized spacial score (nSPS) is 14.6. The molecule has 0 aliphatic rings. The fourth-order valence-corrected chi connectivity index (χ4v) is 2.10. The Morgan fingerprint density at radius 1 is 1.62 bits per heavy atom. The highest BCUT2D eigenvalue weighted by Crippen LogP contribution is 2.28. The number of aromatic nitrogens is 1. The first-order valence-corrected chi connectivity index (χ1v) is 6.38. The van der Waals surface area contributed by atoms with Crippen molar-refractivity contribution in [1.82, 2.24) is 4.98 Å². The highest BCUT2D eigenvalue weighted by Gasteiger charge is 2.22. The summed E-state index contributed by atoms with van der Waals surface area (Å²) in [6, 6.07) is 1.80. The molecule has 0 spiro atoms. The number of hydrogen-bond acceptors (Lipinski definition) is 3. The minimum atomic E-state index is -0.155. The van der Waals surface area contributed by atoms with Crippen molar-refractivity contribution in [2.75, 3.05) is 11.9 Å². The zero-order chi connectivity index (χ0) is 12.2. The number of aliphatic hydroxyl groups is 1. The zero-order valence-electron chi connectivity index (χ0n) is 9.43. The van der Waals surface area contributed by atoms with E-state index in [0.717, 1.165) is 16.7 Å². The second-order valence-electron chi connectivity index (χ2n) is 4.00. The number of rotatable bonds is 5. The lowest BCUT2D eigenvalue weighted by molar-refractivity contribution is 0.251. The SMILES string of the molecule is CCC(C)(CCO)Nc1ncc(Cl)cc1Br. The summed E-state index contributed by atoms with van der Waals surface area (Å²) >= 11 is 9.23. The molecule has 0 bridgehead atoms. The maximum absolute atomic E-state index is 9.03. The summed E-state index contributed by atoms with van der Waals surface area (Å²) in [4.78, 5) is 4.22. The Hall–Kier alpha value is -0.320. The van der Waals surface area contributed by atoms with Crippen LogP contribution in [0.2, 0.25) is 5.02 Å². The van der Waals surface area contributed by atoms with Crippen LogP contribution < -0.4 is 5.32 Å². The van der Waals surface area contributed by atoms with Crippen molar-refractivity contribution in [1.29, 1.82) is 0 Å². The Labute approximate surface area is 109 Å². The van der Waals surface area contributed by atoms with Crippen LogP contribution >= 0.6 is 27.5 Å². The monoisotopic (exact) mass is 306 g/mol. The predicted octanol–water partition coefficient (Wildman–Crippen LogP) is 3.46. The van der Waals surface area contributed by atoms with Gasteiger partial charge in [-0.3, -0.25) is 0 Å². The Bertz CT molecular complexity index is 362. The first-order chi connectivity index (χ1) is 7.50. The largest absolute Gasteiger partial charge is 0.396 e. The highest BCUT2D eigenvalue weighted by atomic mass is 79.9. The van der Waals surface area contributed by atoms with Crippen LogP contribution in [0.5, 0.6) is 0 Å². The van der Waals surface area contributed by atoms with Crippen molar-refractivity contribution >= 4 is 33.3 Å². The van der Waals surface area contributed by atoms with Gasteiger partial charge in [-0.1, -0.05) is 18.5 Å². The average Bonchev–Trinajstić information content (AvgIpc) is 2.23. The fraction of sp³-hybridized carbons (Fsp3) is 0.545. The van der Waals surface area contributed by atoms with E-state index in [0.29, 0.717) is 11.4 Å². The molecule has 0 fully saturated rings. The van der Waals surface area contributed by atoms with E-state index >= 15 is 0 Å². The number of anilines is 1. The van der Waals surface area contributed by atoms with Crippen LogP contribution in [0.3, 0.4) is 0 Å². The summed E-state index contributed by atoms with van der Waals surface area (Å²) in [5.74, 6) is 0.752. The number of nitrogens with zero attached hydrogens (tertiary/aromatic N) is 1. The smallest absolute Gasteiger partial charge is 0.140 e. The van der Waals surface area contributed by atoms with Gasteiger partial charge < -0.3 is 10.4 Å². The Morgan fingerprint density at radius 3 is 2.81 bits per heavy atom. The first kappa shape index (κ1) is 13.7. The molecule has 0 radical (unpaired) electrons. The number of nitrogens with one attached hydrogen (secondary N) is 1. The second kappa shape index (κ2) is 5.84. The summed E-state index contributed by atoms with van der Waals surface area (Å²) in [6.45, 7) is 4.29. The van der Waals surface area contributed by atoms with Crippen molar-refractivity contribution in [2.45, 2.75) is 32.2 Å². The maximum Gasteiger partial charge on any atom is 0.140 e. The summed E-state index contributed by atoms with van der Waals surface area (Å²) in [6.07, 6.45) is 3.19. The molecule has 0 aliphatic heterocycles. The van der Waals surface area contributed by atoms with Crippen molar-refractivity contribution in [3.63, 3.8) is 0 Å². The van der Waals surface area contributed by atoms with Gasteiger partial charge in [-0.25, -0.2) is 4.98 Å². The molecule has 0 saturated heterocycles. The van der Waals surface area contributed by atoms with E-state index in [1.165, 1.54) is 0 Å². The molecule has 0 amide bonds. The van der Waals surface area contributed by atoms with Crippen LogP contribution in [0, 0.1) is 0 Å². The van der Waals surface area contributed by atoms with E-state index in [9.17, 15) is 0 Å². The molecule has 1 heterocycles. The van der Waals surface area contributed by atoms with Crippen LogP contribution in [0.15, 0.2) is 16.7 Å². The summed E-state index contributed by atoms with van der Waals surface area (Å²) < 4.78 is 0.831. The van der Waals surface area contributed by atoms with E-state index in [4.69, 9.17) is 16.7 Å². The predicted molar refractivity (Wildman–Crippen MR) is 71.0 cm³/mol. The Balaban J connectivity index is 2.85. The van der Waals surface area contributed by atoms with Gasteiger partial charge in [-0.05, 0) is 41.8 Å². The first-order valence-electron chi connectivity index (χ1n) is 5.21. The summed E-state index contributed by atoms with van der Waals surface area (Å²) in [5.41, 5.74) is -0.155. The van der Waals surface area contributed by atoms with Gasteiger partial charge in [0.25, 0.3) is 0 Å². The second-order valence-corrected chi connectivity index (χ2v) is 5.29. The maximum atomic E-state index is 9.03. The van der Waals surface area contributed by atoms with Gasteiger partial charge >= 0.3 is 0 Å². The third-order valence-electron chi connectivity index (χ3n) is 2.67. The van der Waals surface area contributed by atoms with E-state index in [-0.39, 0.29) is 12.1 Å². The van der Waals surface area contributed by atoms with Crippen molar-refractivity contribution in [3.8, 4) is 0 Å². The fourth-order valence-electron chi connectivity index (χ4n) is 1.37. The van der Waals surface area contributed by atoms with Crippen molar-refractivity contribution < 1.29 is 5.11 Å². The quantitative estimate of drug-likeness (QED) is 0.875. The molecule has 1 atom stereocenters. The van der Waals surface area contributed by atoms with Gasteiger partial charge in [0, 0.05) is 18.3 Å². The number of aliphatic hydroxyl groups excluding tert-OH is 1. The van der Waals surface area contributed by atoms with Gasteiger partial charge in [0.05, 0.1) is 9.50 Å². The van der Waals surface area contributed by atoms with Gasteiger partial charge in [0.15, 0.2) is 0 Å². The molecule has 2 N–H and O–H groups in total. The Morgan fingerprint density at radius 2 is 2.31 bits per heavy atom. The molecule has 1 aromatic rings. The number of hydrogen-bond donors (Lipinski definition) is 2.